The van der Waals surface area contributed by atoms with Crippen molar-refractivity contribution in [1.82, 2.24) is 14.8 Å². The molecule has 3 aromatic rings. The predicted octanol–water partition coefficient (Wildman–Crippen LogP) is 5.01. The Balaban J connectivity index is 2.24. The second-order valence-corrected chi connectivity index (χ2v) is 5.92. The average Bonchev–Trinajstić information content (AvgIpc) is 2.80. The molecule has 100 valence electrons. The third-order valence-electron chi connectivity index (χ3n) is 2.81. The second-order valence-electron chi connectivity index (χ2n) is 4.18. The molecule has 0 aliphatic heterocycles. The molecule has 0 amide bonds. The number of nitrogens with zero attached hydrogens (tertiary/aromatic N) is 2. The van der Waals surface area contributed by atoms with Crippen LogP contribution < -0.4 is 0 Å². The highest BCUT2D eigenvalue weighted by Gasteiger charge is 2.11. The summed E-state index contributed by atoms with van der Waals surface area (Å²) in [5.41, 5.74) is 1.85. The van der Waals surface area contributed by atoms with E-state index in [4.69, 9.17) is 23.8 Å². The third-order valence-corrected chi connectivity index (χ3v) is 3.76. The van der Waals surface area contributed by atoms with Crippen LogP contribution in [0.25, 0.3) is 17.1 Å². The van der Waals surface area contributed by atoms with Crippen molar-refractivity contribution in [3.63, 3.8) is 0 Å². The van der Waals surface area contributed by atoms with Crippen molar-refractivity contribution >= 4 is 39.7 Å². The highest BCUT2D eigenvalue weighted by atomic mass is 79.9. The van der Waals surface area contributed by atoms with Gasteiger partial charge in [-0.15, -0.1) is 0 Å². The Labute approximate surface area is 134 Å². The molecule has 0 atom stereocenters. The lowest BCUT2D eigenvalue weighted by molar-refractivity contribution is 1.04. The average molecular weight is 367 g/mol. The number of H-pyrrole nitrogens is 1. The molecule has 1 aromatic heterocycles. The summed E-state index contributed by atoms with van der Waals surface area (Å²) in [6, 6.07) is 15.5. The highest BCUT2D eigenvalue weighted by Crippen LogP contribution is 2.27. The fraction of sp³-hybridized carbons (Fsp3) is 0. The van der Waals surface area contributed by atoms with Gasteiger partial charge in [0.15, 0.2) is 10.6 Å². The molecule has 0 bridgehead atoms. The van der Waals surface area contributed by atoms with Crippen molar-refractivity contribution in [3.8, 4) is 17.1 Å². The Bertz CT molecular complexity index is 791. The number of halogens is 2. The Kier molecular flexibility index (Phi) is 3.74. The van der Waals surface area contributed by atoms with Crippen LogP contribution in [0, 0.1) is 4.77 Å². The van der Waals surface area contributed by atoms with Gasteiger partial charge in [-0.1, -0.05) is 45.7 Å². The molecular formula is C14H9BrClN3S. The zero-order valence-electron chi connectivity index (χ0n) is 10.2. The molecule has 3 nitrogen and oxygen atoms in total. The van der Waals surface area contributed by atoms with Crippen LogP contribution >= 0.6 is 39.7 Å². The van der Waals surface area contributed by atoms with Gasteiger partial charge in [-0.05, 0) is 42.5 Å². The van der Waals surface area contributed by atoms with Gasteiger partial charge in [-0.2, -0.15) is 5.10 Å². The van der Waals surface area contributed by atoms with Gasteiger partial charge in [-0.3, -0.25) is 9.67 Å². The number of benzene rings is 2. The van der Waals surface area contributed by atoms with Crippen LogP contribution in [0.5, 0.6) is 0 Å². The van der Waals surface area contributed by atoms with Gasteiger partial charge in [0.2, 0.25) is 0 Å². The van der Waals surface area contributed by atoms with Crippen molar-refractivity contribution in [2.24, 2.45) is 0 Å². The molecule has 0 aliphatic rings. The zero-order valence-corrected chi connectivity index (χ0v) is 13.3. The summed E-state index contributed by atoms with van der Waals surface area (Å²) in [5, 5.41) is 7.78. The van der Waals surface area contributed by atoms with Gasteiger partial charge in [0.1, 0.15) is 0 Å². The maximum Gasteiger partial charge on any atom is 0.200 e. The molecule has 6 heteroatoms. The number of rotatable bonds is 2. The summed E-state index contributed by atoms with van der Waals surface area (Å²) in [5.74, 6) is 0.726. The van der Waals surface area contributed by atoms with E-state index in [0.29, 0.717) is 9.79 Å². The zero-order chi connectivity index (χ0) is 14.1. The minimum Gasteiger partial charge on any atom is -0.268 e. The van der Waals surface area contributed by atoms with Gasteiger partial charge in [0, 0.05) is 20.7 Å². The number of hydrogen-bond acceptors (Lipinski definition) is 2. The standard InChI is InChI=1S/C14H9BrClN3S/c15-10-6-9(7-11(16)8-10)13-17-18-14(20)19(13)12-4-2-1-3-5-12/h1-8H,(H,18,20). The van der Waals surface area contributed by atoms with Crippen molar-refractivity contribution in [1.29, 1.82) is 0 Å². The Hall–Kier alpha value is -1.43. The Morgan fingerprint density at radius 3 is 2.60 bits per heavy atom. The van der Waals surface area contributed by atoms with Crippen molar-refractivity contribution < 1.29 is 0 Å². The van der Waals surface area contributed by atoms with Gasteiger partial charge >= 0.3 is 0 Å². The molecule has 0 saturated heterocycles. The molecule has 0 spiro atoms. The van der Waals surface area contributed by atoms with E-state index in [9.17, 15) is 0 Å². The third kappa shape index (κ3) is 2.57. The molecule has 20 heavy (non-hydrogen) atoms. The number of nitrogens with one attached hydrogen (secondary N) is 1. The van der Waals surface area contributed by atoms with Gasteiger partial charge < -0.3 is 0 Å². The van der Waals surface area contributed by atoms with Gasteiger partial charge in [0.05, 0.1) is 0 Å². The van der Waals surface area contributed by atoms with E-state index < -0.39 is 0 Å². The van der Waals surface area contributed by atoms with E-state index in [-0.39, 0.29) is 0 Å². The van der Waals surface area contributed by atoms with Crippen LogP contribution in [-0.2, 0) is 0 Å². The number of hydrogen-bond donors (Lipinski definition) is 1. The van der Waals surface area contributed by atoms with E-state index in [0.717, 1.165) is 21.5 Å². The van der Waals surface area contributed by atoms with Crippen LogP contribution in [0.15, 0.2) is 53.0 Å². The molecule has 2 aromatic carbocycles. The largest absolute Gasteiger partial charge is 0.268 e. The summed E-state index contributed by atoms with van der Waals surface area (Å²) in [7, 11) is 0. The first-order chi connectivity index (χ1) is 9.65. The monoisotopic (exact) mass is 365 g/mol. The van der Waals surface area contributed by atoms with E-state index in [1.54, 1.807) is 0 Å². The molecule has 0 unspecified atom stereocenters. The molecule has 0 aliphatic carbocycles. The number of aromatic amines is 1. The van der Waals surface area contributed by atoms with Gasteiger partial charge in [0.25, 0.3) is 0 Å². The highest BCUT2D eigenvalue weighted by molar-refractivity contribution is 9.10. The molecule has 0 radical (unpaired) electrons. The summed E-state index contributed by atoms with van der Waals surface area (Å²) < 4.78 is 3.32. The SMILES string of the molecule is S=c1[nH]nc(-c2cc(Cl)cc(Br)c2)n1-c1ccccc1. The maximum atomic E-state index is 6.10. The molecule has 0 saturated carbocycles. The van der Waals surface area contributed by atoms with Crippen LogP contribution in [0.4, 0.5) is 0 Å². The number of aromatic nitrogens is 3. The molecular weight excluding hydrogens is 358 g/mol. The summed E-state index contributed by atoms with van der Waals surface area (Å²) in [6.45, 7) is 0. The molecule has 0 fully saturated rings. The van der Waals surface area contributed by atoms with E-state index in [2.05, 4.69) is 26.1 Å². The van der Waals surface area contributed by atoms with Crippen LogP contribution in [0.1, 0.15) is 0 Å². The normalized spacial score (nSPS) is 10.7. The molecule has 1 N–H and O–H groups in total. The summed E-state index contributed by atoms with van der Waals surface area (Å²) in [6.07, 6.45) is 0. The Morgan fingerprint density at radius 1 is 1.15 bits per heavy atom. The fourth-order valence-corrected chi connectivity index (χ4v) is 3.09. The topological polar surface area (TPSA) is 33.6 Å². The van der Waals surface area contributed by atoms with E-state index in [1.165, 1.54) is 0 Å². The first kappa shape index (κ1) is 13.5. The fourth-order valence-electron chi connectivity index (χ4n) is 1.99. The van der Waals surface area contributed by atoms with Crippen LogP contribution in [-0.4, -0.2) is 14.8 Å². The minimum absolute atomic E-state index is 0.544. The lowest BCUT2D eigenvalue weighted by Crippen LogP contribution is -1.97. The summed E-state index contributed by atoms with van der Waals surface area (Å²) >= 11 is 14.9. The lowest BCUT2D eigenvalue weighted by Gasteiger charge is -2.07. The number of para-hydroxylation sites is 1. The quantitative estimate of drug-likeness (QED) is 0.647. The smallest absolute Gasteiger partial charge is 0.200 e. The van der Waals surface area contributed by atoms with E-state index >= 15 is 0 Å². The van der Waals surface area contributed by atoms with Gasteiger partial charge in [-0.25, -0.2) is 0 Å². The Morgan fingerprint density at radius 2 is 1.90 bits per heavy atom. The second kappa shape index (κ2) is 5.52. The van der Waals surface area contributed by atoms with Crippen molar-refractivity contribution in [2.75, 3.05) is 0 Å². The molecule has 1 heterocycles. The first-order valence-corrected chi connectivity index (χ1v) is 7.42. The molecule has 3 rings (SSSR count). The van der Waals surface area contributed by atoms with Crippen LogP contribution in [0.2, 0.25) is 5.02 Å². The van der Waals surface area contributed by atoms with Crippen molar-refractivity contribution in [3.05, 3.63) is 62.8 Å². The minimum atomic E-state index is 0.544. The summed E-state index contributed by atoms with van der Waals surface area (Å²) in [4.78, 5) is 0. The van der Waals surface area contributed by atoms with Crippen molar-refractivity contribution in [2.45, 2.75) is 0 Å². The predicted molar refractivity (Wildman–Crippen MR) is 86.9 cm³/mol. The first-order valence-electron chi connectivity index (χ1n) is 5.84. The lowest BCUT2D eigenvalue weighted by atomic mass is 10.2. The maximum absolute atomic E-state index is 6.10. The van der Waals surface area contributed by atoms with Crippen LogP contribution in [0.3, 0.4) is 0 Å². The van der Waals surface area contributed by atoms with E-state index in [1.807, 2.05) is 53.1 Å².